The summed E-state index contributed by atoms with van der Waals surface area (Å²) in [5.41, 5.74) is 4.76. The van der Waals surface area contributed by atoms with Crippen LogP contribution in [0.2, 0.25) is 0 Å². The van der Waals surface area contributed by atoms with Crippen LogP contribution in [0.15, 0.2) is 36.4 Å². The molecule has 1 aromatic carbocycles. The van der Waals surface area contributed by atoms with E-state index >= 15 is 0 Å². The molecule has 2 atom stereocenters. The molecule has 1 aromatic rings. The van der Waals surface area contributed by atoms with Gasteiger partial charge in [0.2, 0.25) is 10.0 Å². The molecule has 2 unspecified atom stereocenters. The third kappa shape index (κ3) is 10.3. The van der Waals surface area contributed by atoms with E-state index in [4.69, 9.17) is 15.6 Å². The SMILES string of the molecule is CCOC(=O)C(N)(CS(N)(=O)=O)C(O)CCC=CCCc1ccc(CC(F)(F)F)cc1. The van der Waals surface area contributed by atoms with Crippen LogP contribution in [0.5, 0.6) is 0 Å². The maximum atomic E-state index is 12.4. The number of benzene rings is 1. The van der Waals surface area contributed by atoms with E-state index in [9.17, 15) is 31.5 Å². The van der Waals surface area contributed by atoms with Crippen molar-refractivity contribution in [3.8, 4) is 0 Å². The van der Waals surface area contributed by atoms with Gasteiger partial charge in [-0.25, -0.2) is 18.4 Å². The number of ether oxygens (including phenoxy) is 1. The monoisotopic (exact) mass is 466 g/mol. The van der Waals surface area contributed by atoms with E-state index in [0.717, 1.165) is 5.56 Å². The van der Waals surface area contributed by atoms with Crippen molar-refractivity contribution in [3.05, 3.63) is 47.5 Å². The van der Waals surface area contributed by atoms with Gasteiger partial charge in [0, 0.05) is 0 Å². The van der Waals surface area contributed by atoms with Crippen LogP contribution in [0.3, 0.4) is 0 Å². The van der Waals surface area contributed by atoms with Crippen molar-refractivity contribution in [2.24, 2.45) is 10.9 Å². The zero-order chi connectivity index (χ0) is 23.7. The van der Waals surface area contributed by atoms with Crippen molar-refractivity contribution in [2.75, 3.05) is 12.4 Å². The minimum atomic E-state index is -4.24. The average molecular weight is 467 g/mol. The molecule has 0 radical (unpaired) electrons. The van der Waals surface area contributed by atoms with Crippen LogP contribution >= 0.6 is 0 Å². The highest BCUT2D eigenvalue weighted by Crippen LogP contribution is 2.22. The fraction of sp³-hybridized carbons (Fsp3) is 0.550. The summed E-state index contributed by atoms with van der Waals surface area (Å²) >= 11 is 0. The van der Waals surface area contributed by atoms with E-state index in [2.05, 4.69) is 0 Å². The first-order valence-corrected chi connectivity index (χ1v) is 11.4. The number of rotatable bonds is 12. The predicted molar refractivity (Wildman–Crippen MR) is 110 cm³/mol. The van der Waals surface area contributed by atoms with Crippen LogP contribution in [0.1, 0.15) is 37.3 Å². The number of alkyl halides is 3. The van der Waals surface area contributed by atoms with Crippen molar-refractivity contribution in [1.29, 1.82) is 0 Å². The number of primary sulfonamides is 1. The Morgan fingerprint density at radius 1 is 1.16 bits per heavy atom. The minimum Gasteiger partial charge on any atom is -0.465 e. The summed E-state index contributed by atoms with van der Waals surface area (Å²) in [7, 11) is -4.14. The molecule has 0 aliphatic rings. The van der Waals surface area contributed by atoms with Crippen LogP contribution < -0.4 is 10.9 Å². The summed E-state index contributed by atoms with van der Waals surface area (Å²) in [6.07, 6.45) is -1.59. The lowest BCUT2D eigenvalue weighted by molar-refractivity contribution is -0.153. The van der Waals surface area contributed by atoms with Gasteiger partial charge in [0.15, 0.2) is 5.54 Å². The Morgan fingerprint density at radius 3 is 2.23 bits per heavy atom. The Bertz CT molecular complexity index is 841. The highest BCUT2D eigenvalue weighted by Gasteiger charge is 2.45. The predicted octanol–water partition coefficient (Wildman–Crippen LogP) is 1.97. The van der Waals surface area contributed by atoms with Gasteiger partial charge < -0.3 is 15.6 Å². The molecule has 31 heavy (non-hydrogen) atoms. The fourth-order valence-electron chi connectivity index (χ4n) is 2.94. The molecule has 0 amide bonds. The number of aryl methyl sites for hydroxylation is 1. The third-order valence-electron chi connectivity index (χ3n) is 4.49. The molecule has 0 fully saturated rings. The van der Waals surface area contributed by atoms with Crippen LogP contribution in [0, 0.1) is 0 Å². The smallest absolute Gasteiger partial charge is 0.393 e. The summed E-state index contributed by atoms with van der Waals surface area (Å²) in [5, 5.41) is 15.3. The number of esters is 1. The van der Waals surface area contributed by atoms with Crippen molar-refractivity contribution >= 4 is 16.0 Å². The molecule has 5 N–H and O–H groups in total. The molecule has 1 rings (SSSR count). The lowest BCUT2D eigenvalue weighted by Gasteiger charge is -2.30. The largest absolute Gasteiger partial charge is 0.465 e. The number of aliphatic hydroxyl groups is 1. The molecular formula is C20H29F3N2O5S. The average Bonchev–Trinajstić information content (AvgIpc) is 2.63. The number of sulfonamides is 1. The molecule has 0 spiro atoms. The normalized spacial score (nSPS) is 15.6. The van der Waals surface area contributed by atoms with Gasteiger partial charge in [-0.05, 0) is 43.7 Å². The second-order valence-electron chi connectivity index (χ2n) is 7.28. The summed E-state index contributed by atoms with van der Waals surface area (Å²) in [6.45, 7) is 1.49. The fourth-order valence-corrected chi connectivity index (χ4v) is 3.92. The lowest BCUT2D eigenvalue weighted by atomic mass is 9.92. The van der Waals surface area contributed by atoms with Crippen LogP contribution in [0.4, 0.5) is 13.2 Å². The Hall–Kier alpha value is -1.95. The van der Waals surface area contributed by atoms with Crippen molar-refractivity contribution < 1.29 is 36.2 Å². The summed E-state index contributed by atoms with van der Waals surface area (Å²) in [6, 6.07) is 6.19. The van der Waals surface area contributed by atoms with E-state index in [1.807, 2.05) is 6.08 Å². The van der Waals surface area contributed by atoms with Gasteiger partial charge in [-0.3, -0.25) is 0 Å². The number of carbonyl (C=O) groups excluding carboxylic acids is 1. The Labute approximate surface area is 180 Å². The second-order valence-corrected chi connectivity index (χ2v) is 8.89. The first kappa shape index (κ1) is 27.1. The molecule has 0 saturated heterocycles. The number of nitrogens with two attached hydrogens (primary N) is 2. The molecule has 0 bridgehead atoms. The van der Waals surface area contributed by atoms with Crippen molar-refractivity contribution in [1.82, 2.24) is 0 Å². The van der Waals surface area contributed by atoms with E-state index in [1.54, 1.807) is 18.2 Å². The van der Waals surface area contributed by atoms with E-state index < -0.39 is 46.0 Å². The Morgan fingerprint density at radius 2 is 1.71 bits per heavy atom. The van der Waals surface area contributed by atoms with Gasteiger partial charge >= 0.3 is 12.1 Å². The van der Waals surface area contributed by atoms with Gasteiger partial charge in [-0.15, -0.1) is 0 Å². The number of allylic oxidation sites excluding steroid dienone is 2. The summed E-state index contributed by atoms with van der Waals surface area (Å²) < 4.78 is 64.7. The summed E-state index contributed by atoms with van der Waals surface area (Å²) in [4.78, 5) is 12.1. The van der Waals surface area contributed by atoms with E-state index in [0.29, 0.717) is 19.3 Å². The summed E-state index contributed by atoms with van der Waals surface area (Å²) in [5.74, 6) is -2.00. The first-order chi connectivity index (χ1) is 14.3. The quantitative estimate of drug-likeness (QED) is 0.319. The minimum absolute atomic E-state index is 0.00741. The highest BCUT2D eigenvalue weighted by molar-refractivity contribution is 7.89. The van der Waals surface area contributed by atoms with Gasteiger partial charge in [0.1, 0.15) is 0 Å². The standard InChI is InChI=1S/C20H29F3N2O5S/c1-2-30-18(27)19(24,14-31(25,28)29)17(26)8-6-4-3-5-7-15-9-11-16(12-10-15)13-20(21,22)23/h3-4,9-12,17,26H,2,5-8,13-14,24H2,1H3,(H2,25,28,29). The number of aliphatic hydroxyl groups excluding tert-OH is 1. The third-order valence-corrected chi connectivity index (χ3v) is 5.37. The number of halogens is 3. The van der Waals surface area contributed by atoms with Crippen LogP contribution in [0.25, 0.3) is 0 Å². The molecule has 0 aromatic heterocycles. The molecule has 0 aliphatic heterocycles. The number of hydrogen-bond donors (Lipinski definition) is 3. The molecule has 0 aliphatic carbocycles. The van der Waals surface area contributed by atoms with Gasteiger partial charge in [-0.1, -0.05) is 36.4 Å². The molecule has 176 valence electrons. The zero-order valence-electron chi connectivity index (χ0n) is 17.3. The first-order valence-electron chi connectivity index (χ1n) is 9.71. The van der Waals surface area contributed by atoms with Gasteiger partial charge in [-0.2, -0.15) is 13.2 Å². The zero-order valence-corrected chi connectivity index (χ0v) is 18.1. The number of carbonyl (C=O) groups is 1. The van der Waals surface area contributed by atoms with Crippen LogP contribution in [-0.2, 0) is 32.4 Å². The maximum Gasteiger partial charge on any atom is 0.393 e. The molecule has 0 heterocycles. The Kier molecular flexibility index (Phi) is 10.1. The lowest BCUT2D eigenvalue weighted by Crippen LogP contribution is -2.62. The molecular weight excluding hydrogens is 437 g/mol. The van der Waals surface area contributed by atoms with E-state index in [-0.39, 0.29) is 18.6 Å². The van der Waals surface area contributed by atoms with E-state index in [1.165, 1.54) is 19.1 Å². The van der Waals surface area contributed by atoms with Crippen molar-refractivity contribution in [2.45, 2.75) is 56.8 Å². The maximum absolute atomic E-state index is 12.4. The molecule has 11 heteroatoms. The van der Waals surface area contributed by atoms with Crippen LogP contribution in [-0.4, -0.2) is 49.7 Å². The van der Waals surface area contributed by atoms with Crippen molar-refractivity contribution in [3.63, 3.8) is 0 Å². The molecule has 7 nitrogen and oxygen atoms in total. The Balaban J connectivity index is 2.54. The number of hydrogen-bond acceptors (Lipinski definition) is 6. The molecule has 0 saturated carbocycles. The second kappa shape index (κ2) is 11.6. The topological polar surface area (TPSA) is 133 Å². The van der Waals surface area contributed by atoms with Gasteiger partial charge in [0.25, 0.3) is 0 Å². The van der Waals surface area contributed by atoms with Gasteiger partial charge in [0.05, 0.1) is 24.9 Å². The highest BCUT2D eigenvalue weighted by atomic mass is 32.2.